The summed E-state index contributed by atoms with van der Waals surface area (Å²) in [5.41, 5.74) is 0.851. The van der Waals surface area contributed by atoms with Crippen LogP contribution in [0.15, 0.2) is 18.2 Å². The van der Waals surface area contributed by atoms with Crippen molar-refractivity contribution in [2.45, 2.75) is 51.1 Å². The number of ether oxygens (including phenoxy) is 2. The molecule has 0 bridgehead atoms. The van der Waals surface area contributed by atoms with Crippen molar-refractivity contribution in [3.05, 3.63) is 23.8 Å². The summed E-state index contributed by atoms with van der Waals surface area (Å²) in [6.45, 7) is 1.70. The molecule has 1 amide bonds. The minimum absolute atomic E-state index is 0.0871. The number of carbonyl (C=O) groups is 1. The monoisotopic (exact) mass is 398 g/mol. The van der Waals surface area contributed by atoms with Crippen molar-refractivity contribution in [2.75, 3.05) is 27.0 Å². The molecule has 8 heteroatoms. The lowest BCUT2D eigenvalue weighted by Gasteiger charge is -2.32. The number of methoxy groups -OCH3 is 2. The molecule has 0 heterocycles. The second kappa shape index (κ2) is 9.41. The summed E-state index contributed by atoms with van der Waals surface area (Å²) in [5.74, 6) is 0.879. The summed E-state index contributed by atoms with van der Waals surface area (Å²) in [5, 5.41) is 2.89. The maximum atomic E-state index is 12.5. The highest BCUT2D eigenvalue weighted by Gasteiger charge is 2.30. The van der Waals surface area contributed by atoms with Gasteiger partial charge in [-0.15, -0.1) is 0 Å². The van der Waals surface area contributed by atoms with Crippen LogP contribution in [-0.2, 0) is 14.8 Å². The van der Waals surface area contributed by atoms with Gasteiger partial charge in [0.05, 0.1) is 33.1 Å². The van der Waals surface area contributed by atoms with E-state index < -0.39 is 10.0 Å². The van der Waals surface area contributed by atoms with Crippen LogP contribution in [0.2, 0.25) is 0 Å². The Bertz CT molecular complexity index is 744. The Hall–Kier alpha value is -1.80. The van der Waals surface area contributed by atoms with Crippen molar-refractivity contribution in [1.29, 1.82) is 0 Å². The Kier molecular flexibility index (Phi) is 7.49. The van der Waals surface area contributed by atoms with Gasteiger partial charge in [-0.2, -0.15) is 4.31 Å². The quantitative estimate of drug-likeness (QED) is 0.727. The third-order valence-corrected chi connectivity index (χ3v) is 6.27. The number of rotatable bonds is 8. The van der Waals surface area contributed by atoms with E-state index in [9.17, 15) is 13.2 Å². The van der Waals surface area contributed by atoms with Gasteiger partial charge in [0, 0.05) is 6.04 Å². The van der Waals surface area contributed by atoms with Gasteiger partial charge in [0.15, 0.2) is 11.5 Å². The fraction of sp³-hybridized carbons (Fsp3) is 0.632. The third kappa shape index (κ3) is 5.84. The summed E-state index contributed by atoms with van der Waals surface area (Å²) in [6.07, 6.45) is 5.92. The zero-order valence-corrected chi connectivity index (χ0v) is 17.3. The van der Waals surface area contributed by atoms with Gasteiger partial charge in [-0.25, -0.2) is 8.42 Å². The van der Waals surface area contributed by atoms with Crippen LogP contribution in [0.25, 0.3) is 0 Å². The van der Waals surface area contributed by atoms with E-state index in [0.29, 0.717) is 11.5 Å². The second-order valence-corrected chi connectivity index (χ2v) is 8.94. The summed E-state index contributed by atoms with van der Waals surface area (Å²) in [7, 11) is -0.326. The van der Waals surface area contributed by atoms with Crippen LogP contribution >= 0.6 is 0 Å². The first-order valence-corrected chi connectivity index (χ1v) is 11.1. The SMILES string of the molecule is COc1ccc(C(C)NC(=O)CN(C2CCCCC2)S(C)(=O)=O)cc1OC. The van der Waals surface area contributed by atoms with Gasteiger partial charge in [0.1, 0.15) is 0 Å². The van der Waals surface area contributed by atoms with E-state index in [-0.39, 0.29) is 24.5 Å². The van der Waals surface area contributed by atoms with Crippen LogP contribution in [0, 0.1) is 0 Å². The van der Waals surface area contributed by atoms with Gasteiger partial charge in [0.25, 0.3) is 0 Å². The molecule has 1 saturated carbocycles. The molecule has 27 heavy (non-hydrogen) atoms. The van der Waals surface area contributed by atoms with Gasteiger partial charge in [-0.3, -0.25) is 4.79 Å². The van der Waals surface area contributed by atoms with Gasteiger partial charge in [-0.05, 0) is 37.5 Å². The Morgan fingerprint density at radius 2 is 1.81 bits per heavy atom. The Morgan fingerprint density at radius 1 is 1.19 bits per heavy atom. The predicted octanol–water partition coefficient (Wildman–Crippen LogP) is 2.48. The maximum Gasteiger partial charge on any atom is 0.235 e. The molecular formula is C19H30N2O5S. The van der Waals surface area contributed by atoms with Crippen molar-refractivity contribution >= 4 is 15.9 Å². The van der Waals surface area contributed by atoms with Gasteiger partial charge >= 0.3 is 0 Å². The zero-order valence-electron chi connectivity index (χ0n) is 16.5. The molecule has 1 aliphatic rings. The lowest BCUT2D eigenvalue weighted by Crippen LogP contribution is -2.46. The van der Waals surface area contributed by atoms with E-state index >= 15 is 0 Å². The summed E-state index contributed by atoms with van der Waals surface area (Å²) in [6, 6.07) is 5.06. The van der Waals surface area contributed by atoms with Crippen molar-refractivity contribution in [3.8, 4) is 11.5 Å². The molecule has 1 N–H and O–H groups in total. The first-order valence-electron chi connectivity index (χ1n) is 9.24. The minimum atomic E-state index is -3.44. The van der Waals surface area contributed by atoms with E-state index in [2.05, 4.69) is 5.32 Å². The summed E-state index contributed by atoms with van der Waals surface area (Å²) >= 11 is 0. The normalized spacial score (nSPS) is 16.8. The number of benzene rings is 1. The second-order valence-electron chi connectivity index (χ2n) is 7.00. The van der Waals surface area contributed by atoms with Crippen LogP contribution in [0.3, 0.4) is 0 Å². The van der Waals surface area contributed by atoms with Crippen molar-refractivity contribution in [1.82, 2.24) is 9.62 Å². The van der Waals surface area contributed by atoms with E-state index in [0.717, 1.165) is 37.7 Å². The van der Waals surface area contributed by atoms with Gasteiger partial charge in [0.2, 0.25) is 15.9 Å². The Morgan fingerprint density at radius 3 is 2.37 bits per heavy atom. The van der Waals surface area contributed by atoms with Crippen LogP contribution in [0.5, 0.6) is 11.5 Å². The number of nitrogens with one attached hydrogen (secondary N) is 1. The zero-order chi connectivity index (χ0) is 20.0. The van der Waals surface area contributed by atoms with Crippen LogP contribution in [-0.4, -0.2) is 51.7 Å². The molecule has 1 atom stereocenters. The average Bonchev–Trinajstić information content (AvgIpc) is 2.65. The molecule has 0 radical (unpaired) electrons. The molecule has 152 valence electrons. The first kappa shape index (κ1) is 21.5. The fourth-order valence-corrected chi connectivity index (χ4v) is 4.62. The Labute approximate surface area is 162 Å². The van der Waals surface area contributed by atoms with Gasteiger partial charge in [-0.1, -0.05) is 25.3 Å². The van der Waals surface area contributed by atoms with Crippen LogP contribution in [0.1, 0.15) is 50.6 Å². The lowest BCUT2D eigenvalue weighted by atomic mass is 9.95. The first-order chi connectivity index (χ1) is 12.8. The van der Waals surface area contributed by atoms with Crippen molar-refractivity contribution < 1.29 is 22.7 Å². The average molecular weight is 399 g/mol. The smallest absolute Gasteiger partial charge is 0.235 e. The van der Waals surface area contributed by atoms with E-state index in [1.807, 2.05) is 13.0 Å². The largest absolute Gasteiger partial charge is 0.493 e. The molecule has 0 saturated heterocycles. The van der Waals surface area contributed by atoms with E-state index in [4.69, 9.17) is 9.47 Å². The number of sulfonamides is 1. The molecule has 7 nitrogen and oxygen atoms in total. The van der Waals surface area contributed by atoms with Crippen molar-refractivity contribution in [3.63, 3.8) is 0 Å². The number of hydrogen-bond acceptors (Lipinski definition) is 5. The summed E-state index contributed by atoms with van der Waals surface area (Å²) in [4.78, 5) is 12.5. The molecule has 1 aromatic rings. The maximum absolute atomic E-state index is 12.5. The highest BCUT2D eigenvalue weighted by Crippen LogP contribution is 2.30. The molecule has 1 aliphatic carbocycles. The highest BCUT2D eigenvalue weighted by molar-refractivity contribution is 7.88. The molecule has 0 aromatic heterocycles. The summed E-state index contributed by atoms with van der Waals surface area (Å²) < 4.78 is 36.3. The number of hydrogen-bond donors (Lipinski definition) is 1. The van der Waals surface area contributed by atoms with Crippen molar-refractivity contribution in [2.24, 2.45) is 0 Å². The van der Waals surface area contributed by atoms with Crippen LogP contribution in [0.4, 0.5) is 0 Å². The molecule has 0 aliphatic heterocycles. The third-order valence-electron chi connectivity index (χ3n) is 4.99. The van der Waals surface area contributed by atoms with E-state index in [1.165, 1.54) is 10.6 Å². The van der Waals surface area contributed by atoms with E-state index in [1.54, 1.807) is 26.4 Å². The fourth-order valence-electron chi connectivity index (χ4n) is 3.52. The number of carbonyl (C=O) groups excluding carboxylic acids is 1. The predicted molar refractivity (Wildman–Crippen MR) is 105 cm³/mol. The van der Waals surface area contributed by atoms with Gasteiger partial charge < -0.3 is 14.8 Å². The molecular weight excluding hydrogens is 368 g/mol. The molecule has 2 rings (SSSR count). The molecule has 1 fully saturated rings. The molecule has 1 aromatic carbocycles. The highest BCUT2D eigenvalue weighted by atomic mass is 32.2. The number of nitrogens with zero attached hydrogens (tertiary/aromatic N) is 1. The Balaban J connectivity index is 2.06. The lowest BCUT2D eigenvalue weighted by molar-refractivity contribution is -0.122. The number of amides is 1. The molecule has 0 spiro atoms. The standard InChI is InChI=1S/C19H30N2O5S/c1-14(15-10-11-17(25-2)18(12-15)26-3)20-19(22)13-21(27(4,23)24)16-8-6-5-7-9-16/h10-12,14,16H,5-9,13H2,1-4H3,(H,20,22). The van der Waals surface area contributed by atoms with Crippen LogP contribution < -0.4 is 14.8 Å². The topological polar surface area (TPSA) is 84.9 Å². The minimum Gasteiger partial charge on any atom is -0.493 e. The molecule has 1 unspecified atom stereocenters.